The molecular formula is C12H21N3O4. The van der Waals surface area contributed by atoms with Crippen LogP contribution in [0, 0.1) is 11.3 Å². The van der Waals surface area contributed by atoms with Crippen LogP contribution in [0.1, 0.15) is 26.7 Å². The Balaban J connectivity index is 2.40. The van der Waals surface area contributed by atoms with Gasteiger partial charge < -0.3 is 21.1 Å². The van der Waals surface area contributed by atoms with Crippen molar-refractivity contribution in [3.63, 3.8) is 0 Å². The van der Waals surface area contributed by atoms with E-state index in [1.54, 1.807) is 18.7 Å². The first kappa shape index (κ1) is 15.3. The van der Waals surface area contributed by atoms with Crippen LogP contribution in [0.15, 0.2) is 0 Å². The lowest BCUT2D eigenvalue weighted by molar-refractivity contribution is -0.143. The van der Waals surface area contributed by atoms with Crippen LogP contribution in [0.3, 0.4) is 0 Å². The Kier molecular flexibility index (Phi) is 4.74. The Labute approximate surface area is 112 Å². The molecule has 0 unspecified atom stereocenters. The average Bonchev–Trinajstić information content (AvgIpc) is 2.36. The van der Waals surface area contributed by atoms with Gasteiger partial charge in [0, 0.05) is 19.6 Å². The quantitative estimate of drug-likeness (QED) is 0.668. The Bertz CT molecular complexity index is 373. The van der Waals surface area contributed by atoms with Gasteiger partial charge in [-0.15, -0.1) is 0 Å². The third-order valence-electron chi connectivity index (χ3n) is 3.48. The standard InChI is InChI=1S/C12H21N3O4/c1-12(2,10(13)18)7-14-11(19)15-5-3-8(4-6-15)9(16)17/h8H,3-7H2,1-2H3,(H2,13,18)(H,14,19)(H,16,17). The van der Waals surface area contributed by atoms with Crippen LogP contribution in [0.2, 0.25) is 0 Å². The van der Waals surface area contributed by atoms with Crippen LogP contribution >= 0.6 is 0 Å². The van der Waals surface area contributed by atoms with Gasteiger partial charge >= 0.3 is 12.0 Å². The third kappa shape index (κ3) is 4.11. The predicted octanol–water partition coefficient (Wildman–Crippen LogP) is 0.00410. The Morgan fingerprint density at radius 3 is 2.26 bits per heavy atom. The molecular weight excluding hydrogens is 250 g/mol. The lowest BCUT2D eigenvalue weighted by Gasteiger charge is -2.31. The summed E-state index contributed by atoms with van der Waals surface area (Å²) < 4.78 is 0. The number of nitrogens with two attached hydrogens (primary N) is 1. The zero-order chi connectivity index (χ0) is 14.6. The highest BCUT2D eigenvalue weighted by atomic mass is 16.4. The van der Waals surface area contributed by atoms with Crippen molar-refractivity contribution in [2.24, 2.45) is 17.1 Å². The maximum atomic E-state index is 11.9. The lowest BCUT2D eigenvalue weighted by atomic mass is 9.93. The molecule has 1 heterocycles. The summed E-state index contributed by atoms with van der Waals surface area (Å²) in [4.78, 5) is 35.3. The second kappa shape index (κ2) is 5.90. The number of carboxylic acids is 1. The minimum Gasteiger partial charge on any atom is -0.481 e. The molecule has 0 spiro atoms. The molecule has 0 atom stereocenters. The van der Waals surface area contributed by atoms with Gasteiger partial charge in [0.1, 0.15) is 0 Å². The molecule has 1 rings (SSSR count). The minimum absolute atomic E-state index is 0.167. The first-order valence-corrected chi connectivity index (χ1v) is 6.29. The van der Waals surface area contributed by atoms with Crippen molar-refractivity contribution in [2.45, 2.75) is 26.7 Å². The summed E-state index contributed by atoms with van der Waals surface area (Å²) in [5.74, 6) is -1.65. The second-order valence-corrected chi connectivity index (χ2v) is 5.51. The van der Waals surface area contributed by atoms with E-state index in [2.05, 4.69) is 5.32 Å². The highest BCUT2D eigenvalue weighted by molar-refractivity contribution is 5.81. The molecule has 0 saturated carbocycles. The van der Waals surface area contributed by atoms with Crippen LogP contribution in [0.4, 0.5) is 4.79 Å². The monoisotopic (exact) mass is 271 g/mol. The van der Waals surface area contributed by atoms with Gasteiger partial charge in [-0.25, -0.2) is 4.79 Å². The number of rotatable bonds is 4. The topological polar surface area (TPSA) is 113 Å². The van der Waals surface area contributed by atoms with Gasteiger partial charge in [-0.3, -0.25) is 9.59 Å². The number of piperidine rings is 1. The van der Waals surface area contributed by atoms with E-state index in [9.17, 15) is 14.4 Å². The molecule has 7 heteroatoms. The minimum atomic E-state index is -0.810. The summed E-state index contributed by atoms with van der Waals surface area (Å²) in [6.45, 7) is 4.32. The smallest absolute Gasteiger partial charge is 0.317 e. The molecule has 7 nitrogen and oxygen atoms in total. The highest BCUT2D eigenvalue weighted by Gasteiger charge is 2.29. The van der Waals surface area contributed by atoms with E-state index in [1.165, 1.54) is 0 Å². The molecule has 0 aromatic rings. The molecule has 0 aromatic carbocycles. The number of amides is 3. The number of nitrogens with one attached hydrogen (secondary N) is 1. The normalized spacial score (nSPS) is 17.1. The van der Waals surface area contributed by atoms with Crippen molar-refractivity contribution in [2.75, 3.05) is 19.6 Å². The number of carboxylic acid groups (broad SMARTS) is 1. The molecule has 1 aliphatic heterocycles. The molecule has 4 N–H and O–H groups in total. The molecule has 0 aliphatic carbocycles. The number of likely N-dealkylation sites (tertiary alicyclic amines) is 1. The van der Waals surface area contributed by atoms with Crippen LogP contribution in [-0.4, -0.2) is 47.5 Å². The van der Waals surface area contributed by atoms with Crippen molar-refractivity contribution >= 4 is 17.9 Å². The average molecular weight is 271 g/mol. The van der Waals surface area contributed by atoms with E-state index >= 15 is 0 Å². The molecule has 1 aliphatic rings. The Hall–Kier alpha value is -1.79. The SMILES string of the molecule is CC(C)(CNC(=O)N1CCC(C(=O)O)CC1)C(N)=O. The third-order valence-corrected chi connectivity index (χ3v) is 3.48. The molecule has 0 bridgehead atoms. The van der Waals surface area contributed by atoms with Crippen LogP contribution in [-0.2, 0) is 9.59 Å². The van der Waals surface area contributed by atoms with Gasteiger partial charge in [0.05, 0.1) is 11.3 Å². The summed E-state index contributed by atoms with van der Waals surface area (Å²) in [7, 11) is 0. The molecule has 108 valence electrons. The number of hydrogen-bond acceptors (Lipinski definition) is 3. The van der Waals surface area contributed by atoms with Gasteiger partial charge in [0.15, 0.2) is 0 Å². The number of primary amides is 1. The van der Waals surface area contributed by atoms with Crippen molar-refractivity contribution in [1.29, 1.82) is 0 Å². The number of nitrogens with zero attached hydrogens (tertiary/aromatic N) is 1. The number of carbonyl (C=O) groups is 3. The van der Waals surface area contributed by atoms with E-state index in [0.717, 1.165) is 0 Å². The first-order valence-electron chi connectivity index (χ1n) is 6.29. The Morgan fingerprint density at radius 2 is 1.84 bits per heavy atom. The number of carbonyl (C=O) groups excluding carboxylic acids is 2. The highest BCUT2D eigenvalue weighted by Crippen LogP contribution is 2.18. The van der Waals surface area contributed by atoms with Gasteiger partial charge in [-0.1, -0.05) is 0 Å². The van der Waals surface area contributed by atoms with E-state index < -0.39 is 17.3 Å². The Morgan fingerprint density at radius 1 is 1.32 bits per heavy atom. The zero-order valence-corrected chi connectivity index (χ0v) is 11.3. The van der Waals surface area contributed by atoms with Crippen LogP contribution in [0.25, 0.3) is 0 Å². The molecule has 19 heavy (non-hydrogen) atoms. The van der Waals surface area contributed by atoms with Crippen molar-refractivity contribution in [3.8, 4) is 0 Å². The van der Waals surface area contributed by atoms with E-state index in [-0.39, 0.29) is 18.5 Å². The van der Waals surface area contributed by atoms with E-state index in [1.807, 2.05) is 0 Å². The fraction of sp³-hybridized carbons (Fsp3) is 0.750. The summed E-state index contributed by atoms with van der Waals surface area (Å²) in [5.41, 5.74) is 4.42. The molecule has 0 radical (unpaired) electrons. The molecule has 1 fully saturated rings. The zero-order valence-electron chi connectivity index (χ0n) is 11.3. The van der Waals surface area contributed by atoms with Gasteiger partial charge in [0.2, 0.25) is 5.91 Å². The number of urea groups is 1. The van der Waals surface area contributed by atoms with E-state index in [0.29, 0.717) is 25.9 Å². The second-order valence-electron chi connectivity index (χ2n) is 5.51. The maximum Gasteiger partial charge on any atom is 0.317 e. The molecule has 0 aromatic heterocycles. The predicted molar refractivity (Wildman–Crippen MR) is 68.3 cm³/mol. The summed E-state index contributed by atoms with van der Waals surface area (Å²) in [6.07, 6.45) is 0.921. The maximum absolute atomic E-state index is 11.9. The van der Waals surface area contributed by atoms with Crippen LogP contribution < -0.4 is 11.1 Å². The largest absolute Gasteiger partial charge is 0.481 e. The molecule has 3 amide bonds. The van der Waals surface area contributed by atoms with Gasteiger partial charge in [-0.2, -0.15) is 0 Å². The summed E-state index contributed by atoms with van der Waals surface area (Å²) >= 11 is 0. The summed E-state index contributed by atoms with van der Waals surface area (Å²) in [5, 5.41) is 11.5. The van der Waals surface area contributed by atoms with E-state index in [4.69, 9.17) is 10.8 Å². The van der Waals surface area contributed by atoms with Gasteiger partial charge in [-0.05, 0) is 26.7 Å². The number of aliphatic carboxylic acids is 1. The fourth-order valence-electron chi connectivity index (χ4n) is 1.83. The number of hydrogen-bond donors (Lipinski definition) is 3. The lowest BCUT2D eigenvalue weighted by Crippen LogP contribution is -2.49. The van der Waals surface area contributed by atoms with Crippen LogP contribution in [0.5, 0.6) is 0 Å². The fourth-order valence-corrected chi connectivity index (χ4v) is 1.83. The van der Waals surface area contributed by atoms with Crippen molar-refractivity contribution in [3.05, 3.63) is 0 Å². The van der Waals surface area contributed by atoms with Gasteiger partial charge in [0.25, 0.3) is 0 Å². The van der Waals surface area contributed by atoms with Crippen molar-refractivity contribution in [1.82, 2.24) is 10.2 Å². The summed E-state index contributed by atoms with van der Waals surface area (Å²) in [6, 6.07) is -0.279. The molecule has 1 saturated heterocycles. The van der Waals surface area contributed by atoms with Crippen molar-refractivity contribution < 1.29 is 19.5 Å². The first-order chi connectivity index (χ1) is 8.74.